The molecule has 3 N–H and O–H groups in total. The lowest BCUT2D eigenvalue weighted by Gasteiger charge is -2.04. The molecule has 0 bridgehead atoms. The van der Waals surface area contributed by atoms with E-state index in [1.165, 1.54) is 6.42 Å². The minimum Gasteiger partial charge on any atom is -0.421 e. The number of hydrogen-bond acceptors (Lipinski definition) is 4. The average Bonchev–Trinajstić information content (AvgIpc) is 2.16. The summed E-state index contributed by atoms with van der Waals surface area (Å²) in [6.45, 7) is 3.85. The third kappa shape index (κ3) is 12.1. The van der Waals surface area contributed by atoms with Crippen molar-refractivity contribution in [2.24, 2.45) is 0 Å². The van der Waals surface area contributed by atoms with Crippen LogP contribution in [0.1, 0.15) is 6.42 Å². The van der Waals surface area contributed by atoms with Crippen LogP contribution in [0.25, 0.3) is 0 Å². The van der Waals surface area contributed by atoms with Gasteiger partial charge in [0.05, 0.1) is 6.61 Å². The molecule has 0 aliphatic heterocycles. The fraction of sp³-hybridized carbons (Fsp3) is 1.00. The summed E-state index contributed by atoms with van der Waals surface area (Å²) in [5.74, 6) is 0. The van der Waals surface area contributed by atoms with Gasteiger partial charge in [0.15, 0.2) is 0 Å². The Labute approximate surface area is 83.0 Å². The van der Waals surface area contributed by atoms with Crippen LogP contribution in [0.5, 0.6) is 0 Å². The quantitative estimate of drug-likeness (QED) is 0.323. The molecule has 5 heteroatoms. The van der Waals surface area contributed by atoms with E-state index in [4.69, 9.17) is 9.53 Å². The Bertz CT molecular complexity index is 86.2. The SMILES string of the molecule is CO[Si]CCCNCCNCCO. The van der Waals surface area contributed by atoms with E-state index in [1.807, 2.05) is 0 Å². The van der Waals surface area contributed by atoms with Gasteiger partial charge in [-0.25, -0.2) is 0 Å². The Balaban J connectivity index is 2.76. The van der Waals surface area contributed by atoms with Crippen LogP contribution in [-0.4, -0.2) is 54.8 Å². The molecule has 0 aromatic rings. The molecule has 0 fully saturated rings. The zero-order chi connectivity index (χ0) is 9.78. The molecule has 0 aliphatic rings. The Morgan fingerprint density at radius 3 is 2.46 bits per heavy atom. The third-order valence-electron chi connectivity index (χ3n) is 1.54. The fourth-order valence-corrected chi connectivity index (χ4v) is 1.42. The lowest BCUT2D eigenvalue weighted by Crippen LogP contribution is -2.29. The van der Waals surface area contributed by atoms with Crippen LogP contribution in [-0.2, 0) is 4.43 Å². The molecule has 13 heavy (non-hydrogen) atoms. The standard InChI is InChI=1S/C8H20N2O2Si/c1-12-13-8-2-3-9-4-5-10-6-7-11/h9-11H,2-8H2,1H3. The molecular weight excluding hydrogens is 184 g/mol. The number of rotatable bonds is 10. The lowest BCUT2D eigenvalue weighted by molar-refractivity contribution is 0.292. The van der Waals surface area contributed by atoms with Crippen molar-refractivity contribution in [3.8, 4) is 0 Å². The van der Waals surface area contributed by atoms with Gasteiger partial charge < -0.3 is 20.2 Å². The Kier molecular flexibility index (Phi) is 12.1. The highest BCUT2D eigenvalue weighted by atomic mass is 28.2. The monoisotopic (exact) mass is 204 g/mol. The van der Waals surface area contributed by atoms with Crippen molar-refractivity contribution in [1.29, 1.82) is 0 Å². The molecular formula is C8H20N2O2Si. The molecule has 0 aromatic carbocycles. The van der Waals surface area contributed by atoms with Crippen LogP contribution in [0.15, 0.2) is 0 Å². The molecule has 0 aromatic heterocycles. The number of nitrogens with one attached hydrogen (secondary N) is 2. The van der Waals surface area contributed by atoms with Crippen LogP contribution in [0.3, 0.4) is 0 Å². The predicted octanol–water partition coefficient (Wildman–Crippen LogP) is -0.768. The largest absolute Gasteiger partial charge is 0.421 e. The first-order chi connectivity index (χ1) is 6.41. The topological polar surface area (TPSA) is 53.5 Å². The first-order valence-electron chi connectivity index (χ1n) is 4.70. The van der Waals surface area contributed by atoms with E-state index in [1.54, 1.807) is 7.11 Å². The van der Waals surface area contributed by atoms with E-state index < -0.39 is 0 Å². The van der Waals surface area contributed by atoms with E-state index in [-0.39, 0.29) is 6.61 Å². The van der Waals surface area contributed by atoms with Gasteiger partial charge in [0.1, 0.15) is 0 Å². The molecule has 0 saturated carbocycles. The fourth-order valence-electron chi connectivity index (χ4n) is 0.893. The minimum atomic E-state index is 0.217. The molecule has 78 valence electrons. The van der Waals surface area contributed by atoms with Gasteiger partial charge >= 0.3 is 0 Å². The van der Waals surface area contributed by atoms with Crippen molar-refractivity contribution < 1.29 is 9.53 Å². The highest BCUT2D eigenvalue weighted by Gasteiger charge is 1.90. The summed E-state index contributed by atoms with van der Waals surface area (Å²) in [6, 6.07) is 1.15. The minimum absolute atomic E-state index is 0.217. The molecule has 0 rings (SSSR count). The Morgan fingerprint density at radius 2 is 1.85 bits per heavy atom. The zero-order valence-electron chi connectivity index (χ0n) is 8.31. The summed E-state index contributed by atoms with van der Waals surface area (Å²) in [7, 11) is 2.38. The van der Waals surface area contributed by atoms with E-state index in [0.29, 0.717) is 16.3 Å². The van der Waals surface area contributed by atoms with Gasteiger partial charge in [0.2, 0.25) is 9.76 Å². The van der Waals surface area contributed by atoms with Crippen molar-refractivity contribution in [3.05, 3.63) is 0 Å². The maximum Gasteiger partial charge on any atom is 0.229 e. The van der Waals surface area contributed by atoms with Gasteiger partial charge in [-0.1, -0.05) is 0 Å². The molecule has 0 spiro atoms. The molecule has 2 radical (unpaired) electrons. The highest BCUT2D eigenvalue weighted by Crippen LogP contribution is 1.85. The molecule has 0 aliphatic carbocycles. The lowest BCUT2D eigenvalue weighted by atomic mass is 10.4. The number of aliphatic hydroxyl groups is 1. The Morgan fingerprint density at radius 1 is 1.15 bits per heavy atom. The second-order valence-corrected chi connectivity index (χ2v) is 3.87. The van der Waals surface area contributed by atoms with Gasteiger partial charge in [-0.2, -0.15) is 0 Å². The van der Waals surface area contributed by atoms with Gasteiger partial charge in [0, 0.05) is 26.7 Å². The van der Waals surface area contributed by atoms with Crippen LogP contribution in [0.2, 0.25) is 6.04 Å². The van der Waals surface area contributed by atoms with Crippen molar-refractivity contribution in [1.82, 2.24) is 10.6 Å². The maximum atomic E-state index is 8.47. The first kappa shape index (κ1) is 13.1. The van der Waals surface area contributed by atoms with E-state index in [9.17, 15) is 0 Å². The zero-order valence-corrected chi connectivity index (χ0v) is 9.31. The normalized spacial score (nSPS) is 10.6. The van der Waals surface area contributed by atoms with Crippen LogP contribution in [0.4, 0.5) is 0 Å². The molecule has 0 saturated heterocycles. The first-order valence-corrected chi connectivity index (χ1v) is 5.81. The van der Waals surface area contributed by atoms with Crippen LogP contribution in [0, 0.1) is 0 Å². The number of aliphatic hydroxyl groups excluding tert-OH is 1. The summed E-state index contributed by atoms with van der Waals surface area (Å²) < 4.78 is 4.96. The summed E-state index contributed by atoms with van der Waals surface area (Å²) in [6.07, 6.45) is 1.17. The second-order valence-electron chi connectivity index (χ2n) is 2.68. The van der Waals surface area contributed by atoms with Crippen LogP contribution >= 0.6 is 0 Å². The van der Waals surface area contributed by atoms with Crippen molar-refractivity contribution in [2.45, 2.75) is 12.5 Å². The van der Waals surface area contributed by atoms with E-state index in [2.05, 4.69) is 10.6 Å². The average molecular weight is 204 g/mol. The third-order valence-corrected chi connectivity index (χ3v) is 2.39. The molecule has 0 unspecified atom stereocenters. The second kappa shape index (κ2) is 12.1. The summed E-state index contributed by atoms with van der Waals surface area (Å²) in [5, 5.41) is 14.9. The predicted molar refractivity (Wildman–Crippen MR) is 55.0 cm³/mol. The van der Waals surface area contributed by atoms with Crippen molar-refractivity contribution >= 4 is 9.76 Å². The molecule has 4 nitrogen and oxygen atoms in total. The summed E-state index contributed by atoms with van der Waals surface area (Å²) in [5.41, 5.74) is 0. The smallest absolute Gasteiger partial charge is 0.229 e. The molecule has 0 atom stereocenters. The van der Waals surface area contributed by atoms with Crippen molar-refractivity contribution in [3.63, 3.8) is 0 Å². The van der Waals surface area contributed by atoms with Gasteiger partial charge in [0.25, 0.3) is 0 Å². The van der Waals surface area contributed by atoms with Gasteiger partial charge in [-0.05, 0) is 19.0 Å². The van der Waals surface area contributed by atoms with Crippen LogP contribution < -0.4 is 10.6 Å². The van der Waals surface area contributed by atoms with E-state index >= 15 is 0 Å². The Hall–Kier alpha value is 0.0569. The molecule has 0 amide bonds. The summed E-state index contributed by atoms with van der Waals surface area (Å²) >= 11 is 0. The summed E-state index contributed by atoms with van der Waals surface area (Å²) in [4.78, 5) is 0. The molecule has 0 heterocycles. The van der Waals surface area contributed by atoms with E-state index in [0.717, 1.165) is 25.7 Å². The maximum absolute atomic E-state index is 8.47. The van der Waals surface area contributed by atoms with Crippen molar-refractivity contribution in [2.75, 3.05) is 39.9 Å². The van der Waals surface area contributed by atoms with Gasteiger partial charge in [-0.3, -0.25) is 0 Å². The highest BCUT2D eigenvalue weighted by molar-refractivity contribution is 6.26. The number of hydrogen-bond donors (Lipinski definition) is 3. The van der Waals surface area contributed by atoms with Gasteiger partial charge in [-0.15, -0.1) is 0 Å².